The Labute approximate surface area is 164 Å². The maximum absolute atomic E-state index is 4.18. The fraction of sp³-hybridized carbons (Fsp3) is 0.455. The Morgan fingerprint density at radius 1 is 0.815 bits per heavy atom. The second-order valence-corrected chi connectivity index (χ2v) is 6.33. The molecule has 3 heterocycles. The van der Waals surface area contributed by atoms with Crippen molar-refractivity contribution in [2.45, 2.75) is 60.3 Å². The molecule has 0 aliphatic heterocycles. The summed E-state index contributed by atoms with van der Waals surface area (Å²) in [7, 11) is 1.91. The zero-order valence-electron chi connectivity index (χ0n) is 18.1. The smallest absolute Gasteiger partial charge is 0.0612 e. The van der Waals surface area contributed by atoms with Crippen LogP contribution in [0, 0.1) is 6.92 Å². The van der Waals surface area contributed by atoms with E-state index in [9.17, 15) is 0 Å². The summed E-state index contributed by atoms with van der Waals surface area (Å²) in [5, 5.41) is 4.03. The minimum atomic E-state index is 0.485. The standard InChI is InChI=1S/C8H11N.C7H10N2.C5H8N2.C2H6/c1-7(2)8-5-3-4-6-9-8;1-6(2)7-5-8-3-4-9-7;1-5-3-4-7(2)6-5;1-2/h3-7H,1-2H3;3-6H,1-2H3;3-4H,1-2H3;1-2H3. The highest BCUT2D eigenvalue weighted by Gasteiger charge is 1.96. The van der Waals surface area contributed by atoms with E-state index >= 15 is 0 Å². The van der Waals surface area contributed by atoms with E-state index in [0.29, 0.717) is 11.8 Å². The molecule has 0 N–H and O–H groups in total. The number of nitrogens with zero attached hydrogens (tertiary/aromatic N) is 5. The van der Waals surface area contributed by atoms with E-state index in [1.54, 1.807) is 23.3 Å². The highest BCUT2D eigenvalue weighted by Crippen LogP contribution is 2.08. The van der Waals surface area contributed by atoms with Crippen LogP contribution in [0.4, 0.5) is 0 Å². The van der Waals surface area contributed by atoms with Crippen molar-refractivity contribution in [1.29, 1.82) is 0 Å². The lowest BCUT2D eigenvalue weighted by Gasteiger charge is -2.00. The molecule has 0 spiro atoms. The quantitative estimate of drug-likeness (QED) is 0.593. The number of aryl methyl sites for hydroxylation is 2. The predicted octanol–water partition coefficient (Wildman–Crippen LogP) is 5.56. The van der Waals surface area contributed by atoms with Crippen LogP contribution in [0.3, 0.4) is 0 Å². The van der Waals surface area contributed by atoms with E-state index in [-0.39, 0.29) is 0 Å². The van der Waals surface area contributed by atoms with Gasteiger partial charge in [0.05, 0.1) is 11.4 Å². The summed E-state index contributed by atoms with van der Waals surface area (Å²) in [5.74, 6) is 1.03. The van der Waals surface area contributed by atoms with E-state index in [4.69, 9.17) is 0 Å². The maximum atomic E-state index is 4.18. The normalized spacial score (nSPS) is 9.41. The molecule has 0 aromatic carbocycles. The molecule has 27 heavy (non-hydrogen) atoms. The Bertz CT molecular complexity index is 631. The molecule has 0 saturated carbocycles. The summed E-state index contributed by atoms with van der Waals surface area (Å²) in [6.07, 6.45) is 8.95. The highest BCUT2D eigenvalue weighted by atomic mass is 15.2. The van der Waals surface area contributed by atoms with Crippen molar-refractivity contribution in [2.75, 3.05) is 0 Å². The third-order valence-corrected chi connectivity index (χ3v) is 3.30. The summed E-state index contributed by atoms with van der Waals surface area (Å²) in [5.41, 5.74) is 3.29. The molecule has 5 nitrogen and oxygen atoms in total. The van der Waals surface area contributed by atoms with Gasteiger partial charge in [0.25, 0.3) is 0 Å². The summed E-state index contributed by atoms with van der Waals surface area (Å²) in [4.78, 5) is 12.2. The first-order valence-electron chi connectivity index (χ1n) is 9.53. The van der Waals surface area contributed by atoms with Crippen molar-refractivity contribution in [3.63, 3.8) is 0 Å². The molecule has 3 aromatic rings. The lowest BCUT2D eigenvalue weighted by atomic mass is 10.1. The van der Waals surface area contributed by atoms with Gasteiger partial charge in [0.15, 0.2) is 0 Å². The monoisotopic (exact) mass is 369 g/mol. The van der Waals surface area contributed by atoms with Crippen molar-refractivity contribution in [1.82, 2.24) is 24.7 Å². The number of aromatic nitrogens is 5. The van der Waals surface area contributed by atoms with Crippen LogP contribution >= 0.6 is 0 Å². The fourth-order valence-electron chi connectivity index (χ4n) is 1.86. The first kappa shape index (κ1) is 24.4. The summed E-state index contributed by atoms with van der Waals surface area (Å²) >= 11 is 0. The Morgan fingerprint density at radius 3 is 1.70 bits per heavy atom. The molecule has 0 bridgehead atoms. The van der Waals surface area contributed by atoms with E-state index in [1.165, 1.54) is 0 Å². The molecule has 0 radical (unpaired) electrons. The minimum absolute atomic E-state index is 0.485. The van der Waals surface area contributed by atoms with Crippen LogP contribution < -0.4 is 0 Å². The maximum Gasteiger partial charge on any atom is 0.0612 e. The average molecular weight is 370 g/mol. The molecular formula is C22H35N5. The highest BCUT2D eigenvalue weighted by molar-refractivity contribution is 5.06. The van der Waals surface area contributed by atoms with Crippen LogP contribution in [0.25, 0.3) is 0 Å². The molecule has 0 fully saturated rings. The Kier molecular flexibility index (Phi) is 13.2. The first-order valence-corrected chi connectivity index (χ1v) is 9.53. The van der Waals surface area contributed by atoms with Gasteiger partial charge in [0, 0.05) is 43.7 Å². The second-order valence-electron chi connectivity index (χ2n) is 6.33. The number of rotatable bonds is 2. The van der Waals surface area contributed by atoms with Gasteiger partial charge in [-0.25, -0.2) is 0 Å². The van der Waals surface area contributed by atoms with Gasteiger partial charge in [-0.05, 0) is 37.0 Å². The van der Waals surface area contributed by atoms with Gasteiger partial charge in [0.2, 0.25) is 0 Å². The van der Waals surface area contributed by atoms with Gasteiger partial charge in [-0.1, -0.05) is 47.6 Å². The zero-order valence-corrected chi connectivity index (χ0v) is 18.1. The van der Waals surface area contributed by atoms with E-state index in [1.807, 2.05) is 64.5 Å². The predicted molar refractivity (Wildman–Crippen MR) is 114 cm³/mol. The van der Waals surface area contributed by atoms with Crippen molar-refractivity contribution in [3.8, 4) is 0 Å². The van der Waals surface area contributed by atoms with Crippen LogP contribution in [0.15, 0.2) is 55.2 Å². The lowest BCUT2D eigenvalue weighted by molar-refractivity contribution is 0.756. The molecule has 3 rings (SSSR count). The van der Waals surface area contributed by atoms with Gasteiger partial charge < -0.3 is 0 Å². The topological polar surface area (TPSA) is 56.5 Å². The molecule has 0 atom stereocenters. The van der Waals surface area contributed by atoms with Crippen molar-refractivity contribution >= 4 is 0 Å². The van der Waals surface area contributed by atoms with Gasteiger partial charge in [0.1, 0.15) is 0 Å². The third-order valence-electron chi connectivity index (χ3n) is 3.30. The van der Waals surface area contributed by atoms with Gasteiger partial charge in [-0.3, -0.25) is 19.6 Å². The minimum Gasteiger partial charge on any atom is -0.276 e. The largest absolute Gasteiger partial charge is 0.276 e. The van der Waals surface area contributed by atoms with E-state index in [2.05, 4.69) is 47.7 Å². The Balaban J connectivity index is 0.000000361. The zero-order chi connectivity index (χ0) is 20.7. The fourth-order valence-corrected chi connectivity index (χ4v) is 1.86. The molecule has 3 aromatic heterocycles. The van der Waals surface area contributed by atoms with Crippen molar-refractivity contribution < 1.29 is 0 Å². The molecular weight excluding hydrogens is 334 g/mol. The number of hydrogen-bond donors (Lipinski definition) is 0. The van der Waals surface area contributed by atoms with Crippen LogP contribution in [-0.4, -0.2) is 24.7 Å². The Morgan fingerprint density at radius 2 is 1.44 bits per heavy atom. The molecule has 0 saturated heterocycles. The molecule has 0 unspecified atom stereocenters. The first-order chi connectivity index (χ1) is 12.9. The summed E-state index contributed by atoms with van der Waals surface area (Å²) in [6, 6.07) is 7.97. The van der Waals surface area contributed by atoms with Gasteiger partial charge >= 0.3 is 0 Å². The number of hydrogen-bond acceptors (Lipinski definition) is 4. The summed E-state index contributed by atoms with van der Waals surface area (Å²) < 4.78 is 1.79. The van der Waals surface area contributed by atoms with Gasteiger partial charge in [-0.2, -0.15) is 5.10 Å². The van der Waals surface area contributed by atoms with E-state index in [0.717, 1.165) is 17.1 Å². The SMILES string of the molecule is CC.CC(C)c1ccccn1.CC(C)c1cnccn1.Cc1ccn(C)n1. The average Bonchev–Trinajstić information content (AvgIpc) is 3.08. The summed E-state index contributed by atoms with van der Waals surface area (Å²) in [6.45, 7) is 14.5. The van der Waals surface area contributed by atoms with Crippen LogP contribution in [-0.2, 0) is 7.05 Å². The number of pyridine rings is 1. The van der Waals surface area contributed by atoms with Gasteiger partial charge in [-0.15, -0.1) is 0 Å². The van der Waals surface area contributed by atoms with Crippen molar-refractivity contribution in [3.05, 3.63) is 72.3 Å². The third kappa shape index (κ3) is 11.6. The van der Waals surface area contributed by atoms with Crippen LogP contribution in [0.5, 0.6) is 0 Å². The van der Waals surface area contributed by atoms with Crippen LogP contribution in [0.2, 0.25) is 0 Å². The Hall–Kier alpha value is -2.56. The van der Waals surface area contributed by atoms with Crippen LogP contribution in [0.1, 0.15) is 70.5 Å². The molecule has 5 heteroatoms. The van der Waals surface area contributed by atoms with E-state index < -0.39 is 0 Å². The van der Waals surface area contributed by atoms with Crippen molar-refractivity contribution in [2.24, 2.45) is 7.05 Å². The molecule has 0 aliphatic rings. The molecule has 0 aliphatic carbocycles. The lowest BCUT2D eigenvalue weighted by Crippen LogP contribution is -1.91. The second kappa shape index (κ2) is 14.6. The molecule has 148 valence electrons. The molecule has 0 amide bonds.